The van der Waals surface area contributed by atoms with Crippen LogP contribution in [0.25, 0.3) is 10.9 Å². The molecular weight excluding hydrogens is 476 g/mol. The largest absolute Gasteiger partial charge is 0.507 e. The molecule has 2 heterocycles. The first-order valence-corrected chi connectivity index (χ1v) is 11.7. The summed E-state index contributed by atoms with van der Waals surface area (Å²) in [7, 11) is 1.22. The number of aryl methyl sites for hydroxylation is 3. The number of rotatable bonds is 7. The van der Waals surface area contributed by atoms with Crippen molar-refractivity contribution in [1.29, 1.82) is 0 Å². The fraction of sp³-hybridized carbons (Fsp3) is 0.250. The van der Waals surface area contributed by atoms with E-state index in [2.05, 4.69) is 4.98 Å². The Balaban J connectivity index is 1.84. The molecule has 37 heavy (non-hydrogen) atoms. The lowest BCUT2D eigenvalue weighted by atomic mass is 9.88. The van der Waals surface area contributed by atoms with E-state index in [-0.39, 0.29) is 41.3 Å². The van der Waals surface area contributed by atoms with E-state index < -0.39 is 23.0 Å². The lowest BCUT2D eigenvalue weighted by Gasteiger charge is -2.20. The van der Waals surface area contributed by atoms with Gasteiger partial charge in [-0.15, -0.1) is 0 Å². The summed E-state index contributed by atoms with van der Waals surface area (Å²) in [6, 6.07) is 13.0. The average molecular weight is 505 g/mol. The third kappa shape index (κ3) is 5.20. The number of ether oxygens (including phenoxy) is 1. The Labute approximate surface area is 212 Å². The minimum absolute atomic E-state index is 0.0814. The monoisotopic (exact) mass is 504 g/mol. The van der Waals surface area contributed by atoms with Crippen LogP contribution in [0.15, 0.2) is 58.1 Å². The predicted octanol–water partition coefficient (Wildman–Crippen LogP) is 3.36. The van der Waals surface area contributed by atoms with Gasteiger partial charge in [0.1, 0.15) is 5.75 Å². The minimum atomic E-state index is -1.06. The fourth-order valence-corrected chi connectivity index (χ4v) is 4.56. The van der Waals surface area contributed by atoms with Gasteiger partial charge in [-0.05, 0) is 67.6 Å². The van der Waals surface area contributed by atoms with Gasteiger partial charge in [0, 0.05) is 29.2 Å². The number of hydrogen-bond acceptors (Lipinski definition) is 7. The summed E-state index contributed by atoms with van der Waals surface area (Å²) < 4.78 is 6.29. The Morgan fingerprint density at radius 3 is 2.43 bits per heavy atom. The first-order valence-electron chi connectivity index (χ1n) is 11.7. The second kappa shape index (κ2) is 10.2. The van der Waals surface area contributed by atoms with Crippen molar-refractivity contribution in [2.24, 2.45) is 0 Å². The van der Waals surface area contributed by atoms with Crippen molar-refractivity contribution in [3.63, 3.8) is 0 Å². The van der Waals surface area contributed by atoms with Gasteiger partial charge in [0.2, 0.25) is 0 Å². The number of phenols is 2. The van der Waals surface area contributed by atoms with Crippen LogP contribution in [0.1, 0.15) is 40.3 Å². The third-order valence-corrected chi connectivity index (χ3v) is 6.54. The molecule has 4 N–H and O–H groups in total. The van der Waals surface area contributed by atoms with E-state index in [1.807, 2.05) is 19.1 Å². The van der Waals surface area contributed by atoms with E-state index >= 15 is 0 Å². The molecular formula is C28H28N2O7. The van der Waals surface area contributed by atoms with Crippen molar-refractivity contribution >= 4 is 16.9 Å². The zero-order valence-corrected chi connectivity index (χ0v) is 20.7. The lowest BCUT2D eigenvalue weighted by Crippen LogP contribution is -2.31. The van der Waals surface area contributed by atoms with Gasteiger partial charge in [-0.1, -0.05) is 17.7 Å². The lowest BCUT2D eigenvalue weighted by molar-refractivity contribution is -0.140. The Morgan fingerprint density at radius 2 is 1.73 bits per heavy atom. The predicted molar refractivity (Wildman–Crippen MR) is 138 cm³/mol. The molecule has 1 atom stereocenters. The molecule has 0 aliphatic heterocycles. The number of pyridine rings is 2. The van der Waals surface area contributed by atoms with Crippen LogP contribution in [-0.4, -0.2) is 37.9 Å². The second-order valence-electron chi connectivity index (χ2n) is 9.09. The first-order chi connectivity index (χ1) is 17.6. The molecule has 0 amide bonds. The van der Waals surface area contributed by atoms with Crippen molar-refractivity contribution in [2.75, 3.05) is 7.11 Å². The number of phenolic OH excluding ortho intramolecular Hbond substituents is 2. The van der Waals surface area contributed by atoms with E-state index in [1.165, 1.54) is 29.9 Å². The molecule has 0 fully saturated rings. The summed E-state index contributed by atoms with van der Waals surface area (Å²) in [6.07, 6.45) is 0.0188. The van der Waals surface area contributed by atoms with Gasteiger partial charge in [0.05, 0.1) is 19.1 Å². The minimum Gasteiger partial charge on any atom is -0.507 e. The Kier molecular flexibility index (Phi) is 7.06. The van der Waals surface area contributed by atoms with E-state index in [0.29, 0.717) is 23.2 Å². The van der Waals surface area contributed by atoms with Crippen molar-refractivity contribution in [1.82, 2.24) is 9.55 Å². The number of aromatic nitrogens is 2. The summed E-state index contributed by atoms with van der Waals surface area (Å²) in [5, 5.41) is 30.9. The number of carbonyl (C=O) groups excluding carboxylic acids is 1. The number of nitrogens with one attached hydrogen (secondary N) is 1. The quantitative estimate of drug-likeness (QED) is 0.223. The highest BCUT2D eigenvalue weighted by atomic mass is 16.5. The van der Waals surface area contributed by atoms with Gasteiger partial charge >= 0.3 is 5.97 Å². The Morgan fingerprint density at radius 1 is 0.973 bits per heavy atom. The molecule has 2 aromatic carbocycles. The highest BCUT2D eigenvalue weighted by Gasteiger charge is 2.29. The number of H-pyrrole nitrogens is 1. The highest BCUT2D eigenvalue weighted by Crippen LogP contribution is 2.32. The molecule has 0 radical (unpaired) electrons. The molecule has 0 saturated heterocycles. The molecule has 0 saturated carbocycles. The van der Waals surface area contributed by atoms with Crippen molar-refractivity contribution in [3.8, 4) is 17.2 Å². The molecule has 2 aromatic heterocycles. The SMILES string of the molecule is COC(=O)CC(c1cc2cc(C)ccc2[nH]c1=O)c1c(O)cc(C)n(CCc2ccc(O)c(O)c2)c1=O. The summed E-state index contributed by atoms with van der Waals surface area (Å²) in [4.78, 5) is 42.0. The maximum Gasteiger partial charge on any atom is 0.306 e. The topological polar surface area (TPSA) is 142 Å². The number of aromatic amines is 1. The van der Waals surface area contributed by atoms with Crippen LogP contribution in [0.4, 0.5) is 0 Å². The molecule has 9 heteroatoms. The van der Waals surface area contributed by atoms with Crippen molar-refractivity contribution in [3.05, 3.63) is 97.2 Å². The maximum absolute atomic E-state index is 13.7. The van der Waals surface area contributed by atoms with E-state index in [1.54, 1.807) is 25.1 Å². The van der Waals surface area contributed by atoms with Crippen LogP contribution in [-0.2, 0) is 22.5 Å². The van der Waals surface area contributed by atoms with E-state index in [4.69, 9.17) is 4.74 Å². The fourth-order valence-electron chi connectivity index (χ4n) is 4.56. The average Bonchev–Trinajstić information content (AvgIpc) is 2.85. The third-order valence-electron chi connectivity index (χ3n) is 6.54. The molecule has 0 aliphatic rings. The molecule has 9 nitrogen and oxygen atoms in total. The summed E-state index contributed by atoms with van der Waals surface area (Å²) in [5.41, 5.74) is 1.80. The van der Waals surface area contributed by atoms with Gasteiger partial charge in [0.15, 0.2) is 11.5 Å². The van der Waals surface area contributed by atoms with Crippen LogP contribution in [0.3, 0.4) is 0 Å². The normalized spacial score (nSPS) is 12.0. The number of fused-ring (bicyclic) bond motifs is 1. The van der Waals surface area contributed by atoms with Gasteiger partial charge in [-0.25, -0.2) is 0 Å². The van der Waals surface area contributed by atoms with E-state index in [9.17, 15) is 29.7 Å². The van der Waals surface area contributed by atoms with Gasteiger partial charge < -0.3 is 29.6 Å². The smallest absolute Gasteiger partial charge is 0.306 e. The number of carbonyl (C=O) groups is 1. The number of hydrogen-bond donors (Lipinski definition) is 4. The zero-order chi connectivity index (χ0) is 26.9. The molecule has 4 aromatic rings. The first kappa shape index (κ1) is 25.6. The van der Waals surface area contributed by atoms with Crippen LogP contribution in [0, 0.1) is 13.8 Å². The van der Waals surface area contributed by atoms with Gasteiger partial charge in [-0.3, -0.25) is 14.4 Å². The molecule has 0 bridgehead atoms. The summed E-state index contributed by atoms with van der Waals surface area (Å²) >= 11 is 0. The maximum atomic E-state index is 13.7. The number of nitrogens with zero attached hydrogens (tertiary/aromatic N) is 1. The summed E-state index contributed by atoms with van der Waals surface area (Å²) in [5.74, 6) is -2.53. The number of aromatic hydroxyl groups is 3. The van der Waals surface area contributed by atoms with Crippen LogP contribution in [0.5, 0.6) is 17.2 Å². The summed E-state index contributed by atoms with van der Waals surface area (Å²) in [6.45, 7) is 3.77. The number of benzene rings is 2. The standard InChI is InChI=1S/C28H28N2O7/c1-15-4-6-21-18(10-15)13-20(27(35)29-21)19(14-25(34)37-3)26-24(33)11-16(2)30(28(26)36)9-8-17-5-7-22(31)23(32)12-17/h4-7,10-13,19,31-33H,8-9,14H2,1-3H3,(H,29,35). The zero-order valence-electron chi connectivity index (χ0n) is 20.7. The molecule has 4 rings (SSSR count). The Hall–Kier alpha value is -4.53. The number of esters is 1. The Bertz CT molecular complexity index is 1620. The molecule has 1 unspecified atom stereocenters. The van der Waals surface area contributed by atoms with Gasteiger partial charge in [-0.2, -0.15) is 0 Å². The van der Waals surface area contributed by atoms with E-state index in [0.717, 1.165) is 10.9 Å². The second-order valence-corrected chi connectivity index (χ2v) is 9.09. The van der Waals surface area contributed by atoms with Gasteiger partial charge in [0.25, 0.3) is 11.1 Å². The van der Waals surface area contributed by atoms with Crippen LogP contribution < -0.4 is 11.1 Å². The number of methoxy groups -OCH3 is 1. The highest BCUT2D eigenvalue weighted by molar-refractivity contribution is 5.80. The van der Waals surface area contributed by atoms with Crippen molar-refractivity contribution in [2.45, 2.75) is 39.2 Å². The molecule has 0 aliphatic carbocycles. The van der Waals surface area contributed by atoms with Crippen molar-refractivity contribution < 1.29 is 24.9 Å². The molecule has 0 spiro atoms. The van der Waals surface area contributed by atoms with Crippen LogP contribution in [0.2, 0.25) is 0 Å². The van der Waals surface area contributed by atoms with Crippen LogP contribution >= 0.6 is 0 Å². The molecule has 192 valence electrons.